The highest BCUT2D eigenvalue weighted by Gasteiger charge is 2.07. The zero-order chi connectivity index (χ0) is 13.7. The van der Waals surface area contributed by atoms with Crippen LogP contribution in [0.2, 0.25) is 0 Å². The lowest BCUT2D eigenvalue weighted by Crippen LogP contribution is -2.19. The summed E-state index contributed by atoms with van der Waals surface area (Å²) >= 11 is 1.67. The first kappa shape index (κ1) is 13.4. The number of nitrogens with zero attached hydrogens (tertiary/aromatic N) is 2. The van der Waals surface area contributed by atoms with Gasteiger partial charge in [-0.15, -0.1) is 11.3 Å². The summed E-state index contributed by atoms with van der Waals surface area (Å²) in [5, 5.41) is 4.20. The Kier molecular flexibility index (Phi) is 4.41. The first-order valence-electron chi connectivity index (χ1n) is 6.04. The summed E-state index contributed by atoms with van der Waals surface area (Å²) < 4.78 is 0. The number of hydrogen-bond acceptors (Lipinski definition) is 4. The molecule has 0 fully saturated rings. The number of hydrazone groups is 1. The lowest BCUT2D eigenvalue weighted by Gasteiger charge is -2.02. The van der Waals surface area contributed by atoms with Gasteiger partial charge in [-0.2, -0.15) is 5.10 Å². The summed E-state index contributed by atoms with van der Waals surface area (Å²) in [6, 6.07) is 7.51. The second-order valence-corrected chi connectivity index (χ2v) is 5.29. The molecule has 0 bridgehead atoms. The van der Waals surface area contributed by atoms with E-state index in [-0.39, 0.29) is 5.91 Å². The van der Waals surface area contributed by atoms with E-state index in [1.165, 1.54) is 11.1 Å². The quantitative estimate of drug-likeness (QED) is 0.687. The summed E-state index contributed by atoms with van der Waals surface area (Å²) in [7, 11) is 0. The molecule has 98 valence electrons. The van der Waals surface area contributed by atoms with Crippen LogP contribution in [0.15, 0.2) is 41.8 Å². The molecule has 5 heteroatoms. The molecule has 1 amide bonds. The molecule has 0 aliphatic rings. The molecule has 0 atom stereocenters. The fraction of sp³-hybridized carbons (Fsp3) is 0.214. The monoisotopic (exact) mass is 273 g/mol. The Bertz CT molecular complexity index is 590. The number of thiophene rings is 1. The predicted octanol–water partition coefficient (Wildman–Crippen LogP) is 3.00. The molecular formula is C14H15N3OS. The fourth-order valence-corrected chi connectivity index (χ4v) is 2.50. The molecule has 0 spiro atoms. The highest BCUT2D eigenvalue weighted by atomic mass is 32.1. The first-order chi connectivity index (χ1) is 9.20. The third-order valence-electron chi connectivity index (χ3n) is 2.58. The Morgan fingerprint density at radius 3 is 2.84 bits per heavy atom. The van der Waals surface area contributed by atoms with Crippen LogP contribution in [0, 0.1) is 6.92 Å². The number of nitrogens with one attached hydrogen (secondary N) is 1. The number of amides is 1. The Labute approximate surface area is 116 Å². The number of carbonyl (C=O) groups is 1. The molecule has 2 aromatic heterocycles. The van der Waals surface area contributed by atoms with Gasteiger partial charge in [0.15, 0.2) is 0 Å². The third kappa shape index (κ3) is 3.48. The van der Waals surface area contributed by atoms with E-state index in [4.69, 9.17) is 0 Å². The van der Waals surface area contributed by atoms with Gasteiger partial charge in [0.1, 0.15) is 0 Å². The molecule has 2 rings (SSSR count). The molecule has 0 saturated heterocycles. The number of hydrogen-bond donors (Lipinski definition) is 1. The Morgan fingerprint density at radius 2 is 2.26 bits per heavy atom. The van der Waals surface area contributed by atoms with E-state index in [1.807, 2.05) is 19.1 Å². The number of rotatable bonds is 4. The third-order valence-corrected chi connectivity index (χ3v) is 3.63. The summed E-state index contributed by atoms with van der Waals surface area (Å²) in [6.45, 7) is 4.07. The lowest BCUT2D eigenvalue weighted by molar-refractivity contribution is 0.0954. The maximum atomic E-state index is 11.8. The highest BCUT2D eigenvalue weighted by molar-refractivity contribution is 7.14. The molecule has 4 nitrogen and oxygen atoms in total. The first-order valence-corrected chi connectivity index (χ1v) is 6.86. The molecule has 0 unspecified atom stereocenters. The van der Waals surface area contributed by atoms with E-state index >= 15 is 0 Å². The summed E-state index contributed by atoms with van der Waals surface area (Å²) in [5.74, 6) is -0.243. The maximum Gasteiger partial charge on any atom is 0.272 e. The van der Waals surface area contributed by atoms with E-state index in [1.54, 1.807) is 29.7 Å². The van der Waals surface area contributed by atoms with Gasteiger partial charge in [-0.1, -0.05) is 6.92 Å². The maximum absolute atomic E-state index is 11.8. The number of pyridine rings is 1. The molecule has 1 N–H and O–H groups in total. The summed E-state index contributed by atoms with van der Waals surface area (Å²) in [5.41, 5.74) is 3.96. The van der Waals surface area contributed by atoms with E-state index in [0.29, 0.717) is 5.56 Å². The molecule has 0 aromatic carbocycles. The van der Waals surface area contributed by atoms with E-state index in [2.05, 4.69) is 22.4 Å². The van der Waals surface area contributed by atoms with Gasteiger partial charge < -0.3 is 0 Å². The van der Waals surface area contributed by atoms with Crippen LogP contribution in [-0.4, -0.2) is 16.6 Å². The highest BCUT2D eigenvalue weighted by Crippen LogP contribution is 2.17. The average molecular weight is 273 g/mol. The average Bonchev–Trinajstić information content (AvgIpc) is 2.87. The van der Waals surface area contributed by atoms with Crippen molar-refractivity contribution in [3.05, 3.63) is 52.0 Å². The van der Waals surface area contributed by atoms with Crippen LogP contribution in [0.3, 0.4) is 0 Å². The number of aromatic nitrogens is 1. The molecule has 0 saturated carbocycles. The minimum Gasteiger partial charge on any atom is -0.267 e. The Morgan fingerprint density at radius 1 is 1.42 bits per heavy atom. The topological polar surface area (TPSA) is 54.4 Å². The molecule has 19 heavy (non-hydrogen) atoms. The normalized spacial score (nSPS) is 11.4. The zero-order valence-corrected chi connectivity index (χ0v) is 11.7. The second kappa shape index (κ2) is 6.24. The number of aryl methyl sites for hydroxylation is 1. The smallest absolute Gasteiger partial charge is 0.267 e. The van der Waals surface area contributed by atoms with Crippen LogP contribution in [0.4, 0.5) is 0 Å². The van der Waals surface area contributed by atoms with Gasteiger partial charge in [0, 0.05) is 17.3 Å². The minimum absolute atomic E-state index is 0.243. The van der Waals surface area contributed by atoms with Gasteiger partial charge in [0.2, 0.25) is 0 Å². The van der Waals surface area contributed by atoms with Crippen molar-refractivity contribution in [3.8, 4) is 0 Å². The van der Waals surface area contributed by atoms with Crippen LogP contribution < -0.4 is 5.43 Å². The van der Waals surface area contributed by atoms with Crippen molar-refractivity contribution in [3.63, 3.8) is 0 Å². The summed E-state index contributed by atoms with van der Waals surface area (Å²) in [6.07, 6.45) is 3.92. The largest absolute Gasteiger partial charge is 0.272 e. The molecule has 2 aromatic rings. The minimum atomic E-state index is -0.243. The van der Waals surface area contributed by atoms with Crippen molar-refractivity contribution in [2.24, 2.45) is 5.10 Å². The fourth-order valence-electron chi connectivity index (χ4n) is 1.58. The predicted molar refractivity (Wildman–Crippen MR) is 77.6 cm³/mol. The van der Waals surface area contributed by atoms with Crippen molar-refractivity contribution in [2.75, 3.05) is 0 Å². The second-order valence-electron chi connectivity index (χ2n) is 4.00. The van der Waals surface area contributed by atoms with Crippen molar-refractivity contribution < 1.29 is 4.79 Å². The van der Waals surface area contributed by atoms with Gasteiger partial charge in [-0.25, -0.2) is 5.43 Å². The molecule has 2 heterocycles. The molecule has 0 aliphatic heterocycles. The molecular weight excluding hydrogens is 258 g/mol. The van der Waals surface area contributed by atoms with Crippen LogP contribution in [0.25, 0.3) is 0 Å². The van der Waals surface area contributed by atoms with Gasteiger partial charge >= 0.3 is 0 Å². The van der Waals surface area contributed by atoms with Crippen molar-refractivity contribution in [1.29, 1.82) is 0 Å². The van der Waals surface area contributed by atoms with Crippen molar-refractivity contribution >= 4 is 23.0 Å². The standard InChI is InChI=1S/C14H15N3OS/c1-3-12(13-7-6-10(2)19-13)16-17-14(18)11-5-4-8-15-9-11/h4-9H,3H2,1-2H3,(H,17,18). The van der Waals surface area contributed by atoms with Gasteiger partial charge in [-0.05, 0) is 37.6 Å². The number of carbonyl (C=O) groups excluding carboxylic acids is 1. The van der Waals surface area contributed by atoms with Crippen LogP contribution >= 0.6 is 11.3 Å². The van der Waals surface area contributed by atoms with Crippen molar-refractivity contribution in [2.45, 2.75) is 20.3 Å². The molecule has 0 aliphatic carbocycles. The van der Waals surface area contributed by atoms with Crippen LogP contribution in [0.5, 0.6) is 0 Å². The van der Waals surface area contributed by atoms with Crippen molar-refractivity contribution in [1.82, 2.24) is 10.4 Å². The van der Waals surface area contributed by atoms with E-state index in [9.17, 15) is 4.79 Å². The van der Waals surface area contributed by atoms with E-state index in [0.717, 1.165) is 17.0 Å². The van der Waals surface area contributed by atoms with E-state index < -0.39 is 0 Å². The van der Waals surface area contributed by atoms with Gasteiger partial charge in [0.25, 0.3) is 5.91 Å². The zero-order valence-electron chi connectivity index (χ0n) is 10.9. The molecule has 0 radical (unpaired) electrons. The Hall–Kier alpha value is -2.01. The summed E-state index contributed by atoms with van der Waals surface area (Å²) in [4.78, 5) is 18.1. The van der Waals surface area contributed by atoms with Gasteiger partial charge in [-0.3, -0.25) is 9.78 Å². The van der Waals surface area contributed by atoms with Gasteiger partial charge in [0.05, 0.1) is 16.2 Å². The Balaban J connectivity index is 2.10. The SMILES string of the molecule is CCC(=NNC(=O)c1cccnc1)c1ccc(C)s1. The van der Waals surface area contributed by atoms with Crippen LogP contribution in [-0.2, 0) is 0 Å². The van der Waals surface area contributed by atoms with Crippen LogP contribution in [0.1, 0.15) is 33.5 Å². The lowest BCUT2D eigenvalue weighted by atomic mass is 10.2.